The van der Waals surface area contributed by atoms with E-state index in [-0.39, 0.29) is 23.8 Å². The van der Waals surface area contributed by atoms with Crippen LogP contribution < -0.4 is 20.2 Å². The third-order valence-electron chi connectivity index (χ3n) is 3.98. The van der Waals surface area contributed by atoms with Crippen LogP contribution >= 0.6 is 0 Å². The van der Waals surface area contributed by atoms with Crippen molar-refractivity contribution in [3.8, 4) is 11.5 Å². The van der Waals surface area contributed by atoms with Gasteiger partial charge < -0.3 is 19.2 Å². The highest BCUT2D eigenvalue weighted by Gasteiger charge is 2.13. The van der Waals surface area contributed by atoms with Gasteiger partial charge in [-0.25, -0.2) is 4.39 Å². The fourth-order valence-corrected chi connectivity index (χ4v) is 2.41. The number of nitrogens with one attached hydrogen (secondary N) is 1. The highest BCUT2D eigenvalue weighted by Crippen LogP contribution is 2.17. The van der Waals surface area contributed by atoms with E-state index >= 15 is 0 Å². The molecule has 1 heterocycles. The lowest BCUT2D eigenvalue weighted by Gasteiger charge is -2.08. The molecule has 0 saturated carbocycles. The Bertz CT molecular complexity index is 1060. The highest BCUT2D eigenvalue weighted by atomic mass is 19.1. The molecule has 0 fully saturated rings. The minimum atomic E-state index is -0.667. The SMILES string of the molecule is COc1cccc(COc2coc(C(=O)Nc3ccc(C)c(F)c3)cc2=O)c1. The van der Waals surface area contributed by atoms with E-state index in [1.54, 1.807) is 38.3 Å². The molecule has 144 valence electrons. The molecule has 3 rings (SSSR count). The van der Waals surface area contributed by atoms with E-state index in [0.717, 1.165) is 17.9 Å². The van der Waals surface area contributed by atoms with E-state index in [9.17, 15) is 14.0 Å². The molecule has 1 N–H and O–H groups in total. The Morgan fingerprint density at radius 1 is 1.18 bits per heavy atom. The first kappa shape index (κ1) is 19.2. The topological polar surface area (TPSA) is 77.8 Å². The number of carbonyl (C=O) groups is 1. The zero-order chi connectivity index (χ0) is 20.1. The maximum absolute atomic E-state index is 13.6. The number of hydrogen-bond donors (Lipinski definition) is 1. The number of benzene rings is 2. The van der Waals surface area contributed by atoms with E-state index in [2.05, 4.69) is 5.32 Å². The number of halogens is 1. The Labute approximate surface area is 160 Å². The van der Waals surface area contributed by atoms with Crippen molar-refractivity contribution in [2.24, 2.45) is 0 Å². The molecule has 1 amide bonds. The van der Waals surface area contributed by atoms with Gasteiger partial charge >= 0.3 is 0 Å². The molecule has 6 nitrogen and oxygen atoms in total. The van der Waals surface area contributed by atoms with Gasteiger partial charge in [-0.3, -0.25) is 9.59 Å². The molecule has 0 atom stereocenters. The monoisotopic (exact) mass is 383 g/mol. The van der Waals surface area contributed by atoms with Crippen LogP contribution in [0.2, 0.25) is 0 Å². The maximum atomic E-state index is 13.6. The predicted molar refractivity (Wildman–Crippen MR) is 101 cm³/mol. The fourth-order valence-electron chi connectivity index (χ4n) is 2.41. The largest absolute Gasteiger partial charge is 0.497 e. The van der Waals surface area contributed by atoms with Crippen LogP contribution in [-0.2, 0) is 6.61 Å². The zero-order valence-corrected chi connectivity index (χ0v) is 15.3. The lowest BCUT2D eigenvalue weighted by atomic mass is 10.2. The van der Waals surface area contributed by atoms with Crippen LogP contribution in [0.5, 0.6) is 11.5 Å². The molecule has 0 aliphatic heterocycles. The summed E-state index contributed by atoms with van der Waals surface area (Å²) in [5, 5.41) is 2.48. The molecule has 0 unspecified atom stereocenters. The van der Waals surface area contributed by atoms with Gasteiger partial charge in [-0.2, -0.15) is 0 Å². The quantitative estimate of drug-likeness (QED) is 0.698. The lowest BCUT2D eigenvalue weighted by molar-refractivity contribution is 0.0993. The Morgan fingerprint density at radius 2 is 2.00 bits per heavy atom. The molecular formula is C21H18FNO5. The average molecular weight is 383 g/mol. The summed E-state index contributed by atoms with van der Waals surface area (Å²) in [6.45, 7) is 1.75. The molecule has 1 aromatic heterocycles. The molecule has 7 heteroatoms. The number of aryl methyl sites for hydroxylation is 1. The van der Waals surface area contributed by atoms with Crippen LogP contribution in [0.25, 0.3) is 0 Å². The normalized spacial score (nSPS) is 10.4. The predicted octanol–water partition coefficient (Wildman–Crippen LogP) is 3.93. The van der Waals surface area contributed by atoms with Crippen molar-refractivity contribution in [2.45, 2.75) is 13.5 Å². The number of rotatable bonds is 6. The van der Waals surface area contributed by atoms with Gasteiger partial charge in [-0.15, -0.1) is 0 Å². The molecule has 0 radical (unpaired) electrons. The van der Waals surface area contributed by atoms with Crippen molar-refractivity contribution in [3.05, 3.63) is 87.7 Å². The Morgan fingerprint density at radius 3 is 2.71 bits per heavy atom. The standard InChI is InChI=1S/C21H18FNO5/c1-13-6-7-15(9-17(13)22)23-21(25)19-10-18(24)20(12-28-19)27-11-14-4-3-5-16(8-14)26-2/h3-10,12H,11H2,1-2H3,(H,23,25). The molecule has 0 spiro atoms. The first-order chi connectivity index (χ1) is 13.5. The van der Waals surface area contributed by atoms with Gasteiger partial charge in [-0.1, -0.05) is 18.2 Å². The lowest BCUT2D eigenvalue weighted by Crippen LogP contribution is -2.16. The van der Waals surface area contributed by atoms with E-state index in [1.165, 1.54) is 12.1 Å². The number of methoxy groups -OCH3 is 1. The smallest absolute Gasteiger partial charge is 0.291 e. The number of anilines is 1. The van der Waals surface area contributed by atoms with Crippen LogP contribution in [-0.4, -0.2) is 13.0 Å². The molecule has 0 bridgehead atoms. The second-order valence-corrected chi connectivity index (χ2v) is 6.03. The summed E-state index contributed by atoms with van der Waals surface area (Å²) in [5.74, 6) is -0.673. The average Bonchev–Trinajstić information content (AvgIpc) is 2.70. The first-order valence-corrected chi connectivity index (χ1v) is 8.42. The maximum Gasteiger partial charge on any atom is 0.291 e. The van der Waals surface area contributed by atoms with Gasteiger partial charge in [0.15, 0.2) is 5.76 Å². The van der Waals surface area contributed by atoms with Gasteiger partial charge in [0.2, 0.25) is 11.2 Å². The summed E-state index contributed by atoms with van der Waals surface area (Å²) in [6.07, 6.45) is 1.08. The molecule has 0 aliphatic rings. The van der Waals surface area contributed by atoms with Crippen molar-refractivity contribution in [1.82, 2.24) is 0 Å². The molecule has 28 heavy (non-hydrogen) atoms. The first-order valence-electron chi connectivity index (χ1n) is 8.42. The summed E-state index contributed by atoms with van der Waals surface area (Å²) in [6, 6.07) is 12.5. The van der Waals surface area contributed by atoms with Crippen LogP contribution in [0, 0.1) is 12.7 Å². The second kappa shape index (κ2) is 8.39. The van der Waals surface area contributed by atoms with Crippen molar-refractivity contribution in [3.63, 3.8) is 0 Å². The van der Waals surface area contributed by atoms with E-state index in [4.69, 9.17) is 13.9 Å². The number of ether oxygens (including phenoxy) is 2. The molecule has 0 saturated heterocycles. The Hall–Kier alpha value is -3.61. The summed E-state index contributed by atoms with van der Waals surface area (Å²) in [7, 11) is 1.56. The van der Waals surface area contributed by atoms with Crippen LogP contribution in [0.1, 0.15) is 21.7 Å². The van der Waals surface area contributed by atoms with Gasteiger partial charge in [0.05, 0.1) is 7.11 Å². The van der Waals surface area contributed by atoms with Gasteiger partial charge in [-0.05, 0) is 42.3 Å². The third-order valence-corrected chi connectivity index (χ3v) is 3.98. The number of hydrogen-bond acceptors (Lipinski definition) is 5. The van der Waals surface area contributed by atoms with E-state index in [1.807, 2.05) is 6.07 Å². The summed E-state index contributed by atoms with van der Waals surface area (Å²) in [5.41, 5.74) is 1.02. The molecule has 3 aromatic rings. The Balaban J connectivity index is 1.68. The van der Waals surface area contributed by atoms with Gasteiger partial charge in [0.25, 0.3) is 5.91 Å². The molecule has 0 aliphatic carbocycles. The zero-order valence-electron chi connectivity index (χ0n) is 15.3. The minimum absolute atomic E-state index is 0.0271. The van der Waals surface area contributed by atoms with Crippen molar-refractivity contribution < 1.29 is 23.1 Å². The Kier molecular flexibility index (Phi) is 5.74. The molecule has 2 aromatic carbocycles. The minimum Gasteiger partial charge on any atom is -0.497 e. The van der Waals surface area contributed by atoms with E-state index < -0.39 is 17.2 Å². The van der Waals surface area contributed by atoms with Crippen LogP contribution in [0.4, 0.5) is 10.1 Å². The number of amides is 1. The number of carbonyl (C=O) groups excluding carboxylic acids is 1. The van der Waals surface area contributed by atoms with Crippen molar-refractivity contribution in [1.29, 1.82) is 0 Å². The second-order valence-electron chi connectivity index (χ2n) is 6.03. The summed E-state index contributed by atoms with van der Waals surface area (Å²) in [4.78, 5) is 24.4. The third kappa shape index (κ3) is 4.56. The van der Waals surface area contributed by atoms with E-state index in [0.29, 0.717) is 11.3 Å². The highest BCUT2D eigenvalue weighted by molar-refractivity contribution is 6.02. The summed E-state index contributed by atoms with van der Waals surface area (Å²) >= 11 is 0. The van der Waals surface area contributed by atoms with Gasteiger partial charge in [0.1, 0.15) is 24.4 Å². The van der Waals surface area contributed by atoms with Crippen molar-refractivity contribution in [2.75, 3.05) is 12.4 Å². The summed E-state index contributed by atoms with van der Waals surface area (Å²) < 4.78 is 29.4. The molecular weight excluding hydrogens is 365 g/mol. The fraction of sp³-hybridized carbons (Fsp3) is 0.143. The van der Waals surface area contributed by atoms with Gasteiger partial charge in [0, 0.05) is 11.8 Å². The van der Waals surface area contributed by atoms with Crippen molar-refractivity contribution >= 4 is 11.6 Å². The van der Waals surface area contributed by atoms with Crippen LogP contribution in [0.15, 0.2) is 64.0 Å². The van der Waals surface area contributed by atoms with Crippen LogP contribution in [0.3, 0.4) is 0 Å².